The number of nitrogens with one attached hydrogen (secondary N) is 1. The summed E-state index contributed by atoms with van der Waals surface area (Å²) in [4.78, 5) is 4.95. The maximum Gasteiger partial charge on any atom is 0.139 e. The van der Waals surface area contributed by atoms with Gasteiger partial charge in [-0.25, -0.2) is 4.98 Å². The van der Waals surface area contributed by atoms with Crippen LogP contribution in [0.5, 0.6) is 0 Å². The topological polar surface area (TPSA) is 29.3 Å². The van der Waals surface area contributed by atoms with Gasteiger partial charge in [0.2, 0.25) is 0 Å². The number of nitrogens with zero attached hydrogens (tertiary/aromatic N) is 2. The molecule has 26 heavy (non-hydrogen) atoms. The molecule has 0 aliphatic heterocycles. The summed E-state index contributed by atoms with van der Waals surface area (Å²) in [5.41, 5.74) is 5.81. The highest BCUT2D eigenvalue weighted by Crippen LogP contribution is 2.35. The number of anilines is 1. The molecule has 1 N–H and O–H groups in total. The molecule has 3 rings (SSSR count). The zero-order valence-electron chi connectivity index (χ0n) is 17.1. The van der Waals surface area contributed by atoms with Crippen molar-refractivity contribution in [1.29, 1.82) is 0 Å². The molecule has 0 radical (unpaired) electrons. The molecule has 2 aromatic heterocycles. The van der Waals surface area contributed by atoms with Crippen molar-refractivity contribution in [2.45, 2.75) is 60.4 Å². The Hall–Kier alpha value is -2.29. The summed E-state index contributed by atoms with van der Waals surface area (Å²) in [7, 11) is 0. The average Bonchev–Trinajstić information content (AvgIpc) is 2.82. The molecule has 138 valence electrons. The van der Waals surface area contributed by atoms with Crippen molar-refractivity contribution in [2.75, 3.05) is 5.32 Å². The number of rotatable bonds is 4. The first kappa shape index (κ1) is 18.5. The van der Waals surface area contributed by atoms with Crippen LogP contribution in [0, 0.1) is 19.3 Å². The molecule has 3 nitrogen and oxygen atoms in total. The molecule has 0 bridgehead atoms. The van der Waals surface area contributed by atoms with Crippen LogP contribution in [0.25, 0.3) is 16.9 Å². The van der Waals surface area contributed by atoms with Crippen molar-refractivity contribution >= 4 is 11.5 Å². The summed E-state index contributed by atoms with van der Waals surface area (Å²) < 4.78 is 2.19. The molecule has 0 atom stereocenters. The van der Waals surface area contributed by atoms with Crippen LogP contribution in [0.4, 0.5) is 5.82 Å². The third-order valence-electron chi connectivity index (χ3n) is 4.49. The van der Waals surface area contributed by atoms with E-state index in [2.05, 4.69) is 101 Å². The van der Waals surface area contributed by atoms with Crippen LogP contribution in [0.2, 0.25) is 0 Å². The van der Waals surface area contributed by atoms with Gasteiger partial charge in [0.05, 0.1) is 0 Å². The summed E-state index contributed by atoms with van der Waals surface area (Å²) in [6.07, 6.45) is 3.23. The third kappa shape index (κ3) is 4.09. The number of pyridine rings is 1. The Morgan fingerprint density at radius 3 is 2.35 bits per heavy atom. The van der Waals surface area contributed by atoms with Gasteiger partial charge in [0, 0.05) is 17.3 Å². The van der Waals surface area contributed by atoms with Gasteiger partial charge in [-0.05, 0) is 57.2 Å². The van der Waals surface area contributed by atoms with E-state index >= 15 is 0 Å². The van der Waals surface area contributed by atoms with Crippen molar-refractivity contribution in [1.82, 2.24) is 9.38 Å². The zero-order valence-corrected chi connectivity index (χ0v) is 17.1. The zero-order chi connectivity index (χ0) is 19.1. The second kappa shape index (κ2) is 6.46. The van der Waals surface area contributed by atoms with Crippen molar-refractivity contribution in [3.63, 3.8) is 0 Å². The summed E-state index contributed by atoms with van der Waals surface area (Å²) in [6.45, 7) is 15.7. The minimum absolute atomic E-state index is 0.0451. The van der Waals surface area contributed by atoms with Gasteiger partial charge < -0.3 is 5.32 Å². The normalized spacial score (nSPS) is 12.6. The second-order valence-electron chi connectivity index (χ2n) is 9.36. The van der Waals surface area contributed by atoms with Gasteiger partial charge in [-0.3, -0.25) is 4.40 Å². The Morgan fingerprint density at radius 2 is 1.69 bits per heavy atom. The van der Waals surface area contributed by atoms with E-state index in [1.165, 1.54) is 11.1 Å². The SMILES string of the molecule is Cc1cccc(-c2nc3ccc(C)cn3c2NC(C)(C)CC(C)(C)C)c1. The first-order valence-corrected chi connectivity index (χ1v) is 9.38. The molecule has 0 aliphatic carbocycles. The van der Waals surface area contributed by atoms with Gasteiger partial charge in [-0.1, -0.05) is 50.6 Å². The van der Waals surface area contributed by atoms with E-state index in [1.807, 2.05) is 0 Å². The summed E-state index contributed by atoms with van der Waals surface area (Å²) in [6, 6.07) is 12.8. The van der Waals surface area contributed by atoms with E-state index in [9.17, 15) is 0 Å². The second-order valence-corrected chi connectivity index (χ2v) is 9.36. The van der Waals surface area contributed by atoms with E-state index in [0.29, 0.717) is 0 Å². The van der Waals surface area contributed by atoms with Gasteiger partial charge in [0.15, 0.2) is 0 Å². The number of aromatic nitrogens is 2. The van der Waals surface area contributed by atoms with Crippen molar-refractivity contribution in [2.24, 2.45) is 5.41 Å². The predicted octanol–water partition coefficient (Wildman–Crippen LogP) is 6.24. The maximum atomic E-state index is 4.95. The van der Waals surface area contributed by atoms with Crippen LogP contribution in [-0.2, 0) is 0 Å². The minimum atomic E-state index is -0.0451. The highest BCUT2D eigenvalue weighted by atomic mass is 15.2. The number of hydrogen-bond acceptors (Lipinski definition) is 2. The van der Waals surface area contributed by atoms with Crippen molar-refractivity contribution in [3.8, 4) is 11.3 Å². The number of imidazole rings is 1. The smallest absolute Gasteiger partial charge is 0.139 e. The van der Waals surface area contributed by atoms with Gasteiger partial charge >= 0.3 is 0 Å². The Balaban J connectivity index is 2.15. The first-order chi connectivity index (χ1) is 12.0. The molecule has 2 heterocycles. The van der Waals surface area contributed by atoms with Crippen LogP contribution in [-0.4, -0.2) is 14.9 Å². The lowest BCUT2D eigenvalue weighted by Crippen LogP contribution is -2.36. The van der Waals surface area contributed by atoms with Gasteiger partial charge in [-0.2, -0.15) is 0 Å². The fourth-order valence-corrected chi connectivity index (χ4v) is 3.95. The highest BCUT2D eigenvalue weighted by molar-refractivity contribution is 5.77. The van der Waals surface area contributed by atoms with Crippen LogP contribution < -0.4 is 5.32 Å². The number of fused-ring (bicyclic) bond motifs is 1. The summed E-state index contributed by atoms with van der Waals surface area (Å²) in [5, 5.41) is 3.81. The molecule has 0 saturated heterocycles. The molecular formula is C23H31N3. The Bertz CT molecular complexity index is 926. The van der Waals surface area contributed by atoms with Gasteiger partial charge in [-0.15, -0.1) is 0 Å². The summed E-state index contributed by atoms with van der Waals surface area (Å²) in [5.74, 6) is 1.07. The van der Waals surface area contributed by atoms with Crippen LogP contribution in [0.15, 0.2) is 42.6 Å². The van der Waals surface area contributed by atoms with Gasteiger partial charge in [0.25, 0.3) is 0 Å². The lowest BCUT2D eigenvalue weighted by molar-refractivity contribution is 0.302. The predicted molar refractivity (Wildman–Crippen MR) is 112 cm³/mol. The average molecular weight is 350 g/mol. The molecule has 0 saturated carbocycles. The Labute approximate surface area is 157 Å². The Morgan fingerprint density at radius 1 is 0.962 bits per heavy atom. The largest absolute Gasteiger partial charge is 0.364 e. The number of hydrogen-bond donors (Lipinski definition) is 1. The van der Waals surface area contributed by atoms with E-state index < -0.39 is 0 Å². The molecule has 3 heteroatoms. The van der Waals surface area contributed by atoms with Crippen LogP contribution in [0.1, 0.15) is 52.2 Å². The number of aryl methyl sites for hydroxylation is 2. The monoisotopic (exact) mass is 349 g/mol. The van der Waals surface area contributed by atoms with Crippen LogP contribution >= 0.6 is 0 Å². The maximum absolute atomic E-state index is 4.95. The fraction of sp³-hybridized carbons (Fsp3) is 0.435. The standard InChI is InChI=1S/C23H31N3/c1-16-9-8-10-18(13-16)20-21(25-23(6,7)15-22(3,4)5)26-14-17(2)11-12-19(26)24-20/h8-14,25H,15H2,1-7H3. The van der Waals surface area contributed by atoms with Gasteiger partial charge in [0.1, 0.15) is 17.2 Å². The van der Waals surface area contributed by atoms with E-state index in [4.69, 9.17) is 4.98 Å². The van der Waals surface area contributed by atoms with Crippen molar-refractivity contribution in [3.05, 3.63) is 53.7 Å². The minimum Gasteiger partial charge on any atom is -0.364 e. The molecule has 0 fully saturated rings. The Kier molecular flexibility index (Phi) is 4.60. The molecule has 1 aromatic carbocycles. The van der Waals surface area contributed by atoms with E-state index in [0.717, 1.165) is 29.1 Å². The quantitative estimate of drug-likeness (QED) is 0.603. The van der Waals surface area contributed by atoms with E-state index in [-0.39, 0.29) is 11.0 Å². The lowest BCUT2D eigenvalue weighted by atomic mass is 9.82. The number of benzene rings is 1. The summed E-state index contributed by atoms with van der Waals surface area (Å²) >= 11 is 0. The molecule has 0 spiro atoms. The molecular weight excluding hydrogens is 318 g/mol. The van der Waals surface area contributed by atoms with Crippen LogP contribution in [0.3, 0.4) is 0 Å². The molecule has 0 aliphatic rings. The molecule has 0 unspecified atom stereocenters. The first-order valence-electron chi connectivity index (χ1n) is 9.38. The van der Waals surface area contributed by atoms with E-state index in [1.54, 1.807) is 0 Å². The molecule has 3 aromatic rings. The third-order valence-corrected chi connectivity index (χ3v) is 4.49. The highest BCUT2D eigenvalue weighted by Gasteiger charge is 2.28. The molecule has 0 amide bonds. The fourth-order valence-electron chi connectivity index (χ4n) is 3.95. The lowest BCUT2D eigenvalue weighted by Gasteiger charge is -2.34. The van der Waals surface area contributed by atoms with Crippen molar-refractivity contribution < 1.29 is 0 Å².